The Labute approximate surface area is 117 Å². The van der Waals surface area contributed by atoms with Crippen LogP contribution in [0.1, 0.15) is 18.2 Å². The van der Waals surface area contributed by atoms with Crippen molar-refractivity contribution in [2.24, 2.45) is 0 Å². The first-order valence-electron chi connectivity index (χ1n) is 6.21. The summed E-state index contributed by atoms with van der Waals surface area (Å²) in [6.07, 6.45) is 2.01. The van der Waals surface area contributed by atoms with Crippen molar-refractivity contribution in [3.05, 3.63) is 59.8 Å². The summed E-state index contributed by atoms with van der Waals surface area (Å²) in [5, 5.41) is 0. The molecule has 0 bridgehead atoms. The molecule has 1 unspecified atom stereocenters. The van der Waals surface area contributed by atoms with E-state index in [1.54, 1.807) is 31.4 Å². The predicted molar refractivity (Wildman–Crippen MR) is 74.0 cm³/mol. The number of sulfonamides is 1. The summed E-state index contributed by atoms with van der Waals surface area (Å²) in [7, 11) is -3.51. The molecule has 1 aromatic heterocycles. The Bertz CT molecular complexity index is 653. The van der Waals surface area contributed by atoms with E-state index in [1.807, 2.05) is 0 Å². The smallest absolute Gasteiger partial charge is 0.216 e. The fourth-order valence-electron chi connectivity index (χ4n) is 1.97. The first-order valence-corrected chi connectivity index (χ1v) is 7.87. The predicted octanol–water partition coefficient (Wildman–Crippen LogP) is 2.47. The van der Waals surface area contributed by atoms with Crippen molar-refractivity contribution >= 4 is 10.0 Å². The van der Waals surface area contributed by atoms with E-state index in [0.717, 1.165) is 0 Å². The minimum absolute atomic E-state index is 0.243. The fourth-order valence-corrected chi connectivity index (χ4v) is 3.36. The summed E-state index contributed by atoms with van der Waals surface area (Å²) in [4.78, 5) is 0. The largest absolute Gasteiger partial charge is 0.469 e. The summed E-state index contributed by atoms with van der Waals surface area (Å²) in [5.41, 5.74) is 0.419. The van der Waals surface area contributed by atoms with Gasteiger partial charge in [-0.15, -0.1) is 0 Å². The molecule has 1 heterocycles. The van der Waals surface area contributed by atoms with Crippen molar-refractivity contribution in [2.75, 3.05) is 0 Å². The number of benzene rings is 1. The van der Waals surface area contributed by atoms with Gasteiger partial charge in [-0.1, -0.05) is 12.1 Å². The highest BCUT2D eigenvalue weighted by Crippen LogP contribution is 2.09. The molecule has 6 heteroatoms. The normalized spacial score (nSPS) is 13.3. The molecule has 0 spiro atoms. The number of hydrogen-bond acceptors (Lipinski definition) is 3. The summed E-state index contributed by atoms with van der Waals surface area (Å²) >= 11 is 0. The lowest BCUT2D eigenvalue weighted by Gasteiger charge is -2.13. The van der Waals surface area contributed by atoms with E-state index >= 15 is 0 Å². The number of hydrogen-bond donors (Lipinski definition) is 1. The van der Waals surface area contributed by atoms with E-state index in [9.17, 15) is 12.8 Å². The van der Waals surface area contributed by atoms with Gasteiger partial charge in [0.2, 0.25) is 10.0 Å². The van der Waals surface area contributed by atoms with Gasteiger partial charge in [-0.2, -0.15) is 0 Å². The molecule has 0 aliphatic heterocycles. The van der Waals surface area contributed by atoms with Crippen molar-refractivity contribution in [2.45, 2.75) is 25.1 Å². The Morgan fingerprint density at radius 3 is 2.75 bits per heavy atom. The van der Waals surface area contributed by atoms with Crippen molar-refractivity contribution in [1.29, 1.82) is 0 Å². The molecule has 0 saturated heterocycles. The molecule has 0 aliphatic rings. The number of rotatable bonds is 6. The summed E-state index contributed by atoms with van der Waals surface area (Å²) in [5.74, 6) is 0.0278. The fraction of sp³-hybridized carbons (Fsp3) is 0.286. The highest BCUT2D eigenvalue weighted by atomic mass is 32.2. The number of nitrogens with one attached hydrogen (secondary N) is 1. The lowest BCUT2D eigenvalue weighted by molar-refractivity contribution is 0.479. The molecular weight excluding hydrogens is 281 g/mol. The third kappa shape index (κ3) is 4.47. The van der Waals surface area contributed by atoms with Gasteiger partial charge < -0.3 is 4.42 Å². The summed E-state index contributed by atoms with van der Waals surface area (Å²) < 4.78 is 44.7. The van der Waals surface area contributed by atoms with Crippen molar-refractivity contribution in [3.8, 4) is 0 Å². The van der Waals surface area contributed by atoms with E-state index in [1.165, 1.54) is 18.2 Å². The van der Waals surface area contributed by atoms with Crippen molar-refractivity contribution in [1.82, 2.24) is 4.72 Å². The van der Waals surface area contributed by atoms with Gasteiger partial charge in [0.15, 0.2) is 0 Å². The molecule has 0 saturated carbocycles. The van der Waals surface area contributed by atoms with Crippen LogP contribution in [0.25, 0.3) is 0 Å². The van der Waals surface area contributed by atoms with Crippen LogP contribution in [0.3, 0.4) is 0 Å². The van der Waals surface area contributed by atoms with E-state index < -0.39 is 15.8 Å². The average Bonchev–Trinajstić information content (AvgIpc) is 2.79. The Hall–Kier alpha value is -1.66. The van der Waals surface area contributed by atoms with Crippen LogP contribution in [0.15, 0.2) is 47.1 Å². The van der Waals surface area contributed by atoms with Crippen LogP contribution in [-0.2, 0) is 22.2 Å². The van der Waals surface area contributed by atoms with Crippen LogP contribution in [0, 0.1) is 5.82 Å². The van der Waals surface area contributed by atoms with Gasteiger partial charge in [0, 0.05) is 12.5 Å². The van der Waals surface area contributed by atoms with Gasteiger partial charge in [0.05, 0.1) is 12.0 Å². The molecule has 1 aromatic carbocycles. The van der Waals surface area contributed by atoms with E-state index in [2.05, 4.69) is 4.72 Å². The van der Waals surface area contributed by atoms with Gasteiger partial charge in [0.1, 0.15) is 11.6 Å². The molecule has 108 valence electrons. The molecule has 0 radical (unpaired) electrons. The van der Waals surface area contributed by atoms with Crippen LogP contribution in [-0.4, -0.2) is 14.5 Å². The first kappa shape index (κ1) is 14.7. The molecule has 0 amide bonds. The Kier molecular flexibility index (Phi) is 4.57. The number of furan rings is 1. The SMILES string of the molecule is CC(Cc1ccco1)NS(=O)(=O)Cc1cccc(F)c1. The van der Waals surface area contributed by atoms with Crippen molar-refractivity contribution in [3.63, 3.8) is 0 Å². The maximum absolute atomic E-state index is 13.0. The van der Waals surface area contributed by atoms with Crippen LogP contribution < -0.4 is 4.72 Å². The van der Waals surface area contributed by atoms with Crippen LogP contribution in [0.4, 0.5) is 4.39 Å². The van der Waals surface area contributed by atoms with Crippen LogP contribution >= 0.6 is 0 Å². The van der Waals surface area contributed by atoms with Crippen molar-refractivity contribution < 1.29 is 17.2 Å². The quantitative estimate of drug-likeness (QED) is 0.891. The maximum Gasteiger partial charge on any atom is 0.216 e. The van der Waals surface area contributed by atoms with E-state index in [-0.39, 0.29) is 11.8 Å². The summed E-state index contributed by atoms with van der Waals surface area (Å²) in [6.45, 7) is 1.76. The lowest BCUT2D eigenvalue weighted by atomic mass is 10.2. The van der Waals surface area contributed by atoms with Crippen LogP contribution in [0.5, 0.6) is 0 Å². The van der Waals surface area contributed by atoms with Crippen LogP contribution in [0.2, 0.25) is 0 Å². The second-order valence-electron chi connectivity index (χ2n) is 4.69. The molecule has 4 nitrogen and oxygen atoms in total. The molecule has 1 atom stereocenters. The van der Waals surface area contributed by atoms with Gasteiger partial charge >= 0.3 is 0 Å². The standard InChI is InChI=1S/C14H16FNO3S/c1-11(8-14-6-3-7-19-14)16-20(17,18)10-12-4-2-5-13(15)9-12/h2-7,9,11,16H,8,10H2,1H3. The molecule has 0 aliphatic carbocycles. The second-order valence-corrected chi connectivity index (χ2v) is 6.45. The Morgan fingerprint density at radius 2 is 2.10 bits per heavy atom. The Morgan fingerprint density at radius 1 is 1.30 bits per heavy atom. The van der Waals surface area contributed by atoms with Gasteiger partial charge in [-0.25, -0.2) is 17.5 Å². The number of halogens is 1. The van der Waals surface area contributed by atoms with Gasteiger partial charge in [0.25, 0.3) is 0 Å². The summed E-state index contributed by atoms with van der Waals surface area (Å²) in [6, 6.07) is 8.83. The topological polar surface area (TPSA) is 59.3 Å². The first-order chi connectivity index (χ1) is 9.44. The maximum atomic E-state index is 13.0. The third-order valence-electron chi connectivity index (χ3n) is 2.71. The van der Waals surface area contributed by atoms with Gasteiger partial charge in [-0.05, 0) is 36.8 Å². The van der Waals surface area contributed by atoms with Gasteiger partial charge in [-0.3, -0.25) is 0 Å². The Balaban J connectivity index is 1.96. The second kappa shape index (κ2) is 6.19. The molecule has 2 rings (SSSR count). The van der Waals surface area contributed by atoms with E-state index in [4.69, 9.17) is 4.42 Å². The minimum Gasteiger partial charge on any atom is -0.469 e. The van der Waals surface area contributed by atoms with E-state index in [0.29, 0.717) is 17.7 Å². The molecule has 2 aromatic rings. The highest BCUT2D eigenvalue weighted by molar-refractivity contribution is 7.88. The lowest BCUT2D eigenvalue weighted by Crippen LogP contribution is -2.34. The molecule has 0 fully saturated rings. The molecular formula is C14H16FNO3S. The molecule has 1 N–H and O–H groups in total. The zero-order valence-corrected chi connectivity index (χ0v) is 11.9. The average molecular weight is 297 g/mol. The monoisotopic (exact) mass is 297 g/mol. The highest BCUT2D eigenvalue weighted by Gasteiger charge is 2.16. The molecule has 20 heavy (non-hydrogen) atoms. The zero-order valence-electron chi connectivity index (χ0n) is 11.0. The third-order valence-corrected chi connectivity index (χ3v) is 4.19. The zero-order chi connectivity index (χ0) is 14.6. The minimum atomic E-state index is -3.51.